The van der Waals surface area contributed by atoms with Crippen molar-refractivity contribution in [3.63, 3.8) is 0 Å². The first kappa shape index (κ1) is 23.8. The average Bonchev–Trinajstić information content (AvgIpc) is 2.74. The molecule has 1 aromatic heterocycles. The molecule has 0 spiro atoms. The van der Waals surface area contributed by atoms with Gasteiger partial charge in [0.15, 0.2) is 0 Å². The number of ether oxygens (including phenoxy) is 2. The Balaban J connectivity index is 1.98. The standard InChI is InChI=1S/C19H22N4O7S/c1-3-16(24)22-14-5-7-15(8-6-14)31(27,28)23-18(25)13-4-9-17(21-12-13)30-19(26)20-10-11-29-2/h4-9,12H,3,10-11H2,1-2H3,(H,20,26)(H,22,24)(H,23,25). The zero-order valence-corrected chi connectivity index (χ0v) is 17.7. The van der Waals surface area contributed by atoms with Gasteiger partial charge in [0.05, 0.1) is 17.1 Å². The van der Waals surface area contributed by atoms with E-state index in [9.17, 15) is 22.8 Å². The predicted molar refractivity (Wildman–Crippen MR) is 110 cm³/mol. The third-order valence-corrected chi connectivity index (χ3v) is 5.11. The number of sulfonamides is 1. The molecule has 2 aromatic rings. The van der Waals surface area contributed by atoms with Crippen molar-refractivity contribution in [1.29, 1.82) is 0 Å². The summed E-state index contributed by atoms with van der Waals surface area (Å²) in [5, 5.41) is 5.02. The van der Waals surface area contributed by atoms with Gasteiger partial charge in [0.1, 0.15) is 0 Å². The molecule has 0 aliphatic heterocycles. The topological polar surface area (TPSA) is 153 Å². The first-order chi connectivity index (χ1) is 14.7. The van der Waals surface area contributed by atoms with Gasteiger partial charge in [-0.05, 0) is 30.3 Å². The maximum absolute atomic E-state index is 12.4. The molecule has 0 aliphatic rings. The Morgan fingerprint density at radius 1 is 1.06 bits per heavy atom. The largest absolute Gasteiger partial charge is 0.414 e. The van der Waals surface area contributed by atoms with Crippen molar-refractivity contribution in [3.05, 3.63) is 48.2 Å². The van der Waals surface area contributed by atoms with Gasteiger partial charge in [-0.1, -0.05) is 6.92 Å². The number of nitrogens with zero attached hydrogens (tertiary/aromatic N) is 1. The summed E-state index contributed by atoms with van der Waals surface area (Å²) in [6.07, 6.45) is 0.612. The summed E-state index contributed by atoms with van der Waals surface area (Å²) < 4.78 is 36.5. The van der Waals surface area contributed by atoms with E-state index < -0.39 is 22.0 Å². The number of pyridine rings is 1. The van der Waals surface area contributed by atoms with Gasteiger partial charge >= 0.3 is 6.09 Å². The number of carbonyl (C=O) groups excluding carboxylic acids is 3. The molecule has 166 valence electrons. The normalized spacial score (nSPS) is 10.8. The van der Waals surface area contributed by atoms with Crippen molar-refractivity contribution in [2.75, 3.05) is 25.6 Å². The molecule has 1 heterocycles. The highest BCUT2D eigenvalue weighted by atomic mass is 32.2. The molecule has 11 nitrogen and oxygen atoms in total. The molecular weight excluding hydrogens is 428 g/mol. The van der Waals surface area contributed by atoms with E-state index in [-0.39, 0.29) is 35.2 Å². The van der Waals surface area contributed by atoms with Crippen LogP contribution in [0, 0.1) is 0 Å². The Kier molecular flexibility index (Phi) is 8.46. The summed E-state index contributed by atoms with van der Waals surface area (Å²) >= 11 is 0. The number of amides is 3. The molecule has 0 fully saturated rings. The first-order valence-corrected chi connectivity index (χ1v) is 10.6. The SMILES string of the molecule is CCC(=O)Nc1ccc(S(=O)(=O)NC(=O)c2ccc(OC(=O)NCCOC)nc2)cc1. The Bertz CT molecular complexity index is 1020. The van der Waals surface area contributed by atoms with E-state index in [1.54, 1.807) is 6.92 Å². The molecule has 0 aliphatic carbocycles. The van der Waals surface area contributed by atoms with Crippen LogP contribution in [0.5, 0.6) is 5.88 Å². The summed E-state index contributed by atoms with van der Waals surface area (Å²) in [6, 6.07) is 7.87. The summed E-state index contributed by atoms with van der Waals surface area (Å²) in [7, 11) is -2.66. The number of hydrogen-bond acceptors (Lipinski definition) is 8. The van der Waals surface area contributed by atoms with Crippen molar-refractivity contribution in [2.24, 2.45) is 0 Å². The van der Waals surface area contributed by atoms with Gasteiger partial charge < -0.3 is 20.1 Å². The second-order valence-electron chi connectivity index (χ2n) is 6.05. The second-order valence-corrected chi connectivity index (χ2v) is 7.74. The third kappa shape index (κ3) is 7.35. The van der Waals surface area contributed by atoms with E-state index in [2.05, 4.69) is 15.6 Å². The van der Waals surface area contributed by atoms with Crippen LogP contribution in [0.4, 0.5) is 10.5 Å². The number of aromatic nitrogens is 1. The maximum Gasteiger partial charge on any atom is 0.414 e. The smallest absolute Gasteiger partial charge is 0.391 e. The van der Waals surface area contributed by atoms with Crippen molar-refractivity contribution in [3.8, 4) is 5.88 Å². The molecular formula is C19H22N4O7S. The molecule has 12 heteroatoms. The third-order valence-electron chi connectivity index (χ3n) is 3.77. The molecule has 0 radical (unpaired) electrons. The fourth-order valence-electron chi connectivity index (χ4n) is 2.17. The van der Waals surface area contributed by atoms with Gasteiger partial charge in [0.25, 0.3) is 15.9 Å². The molecule has 3 N–H and O–H groups in total. The summed E-state index contributed by atoms with van der Waals surface area (Å²) in [6.45, 7) is 2.25. The number of nitrogens with one attached hydrogen (secondary N) is 3. The van der Waals surface area contributed by atoms with Gasteiger partial charge in [0.2, 0.25) is 11.8 Å². The van der Waals surface area contributed by atoms with Crippen LogP contribution in [0.15, 0.2) is 47.5 Å². The van der Waals surface area contributed by atoms with Gasteiger partial charge in [-0.3, -0.25) is 9.59 Å². The fourth-order valence-corrected chi connectivity index (χ4v) is 3.14. The van der Waals surface area contributed by atoms with Gasteiger partial charge in [-0.2, -0.15) is 0 Å². The summed E-state index contributed by atoms with van der Waals surface area (Å²) in [5.41, 5.74) is 0.380. The van der Waals surface area contributed by atoms with Crippen molar-refractivity contribution >= 4 is 33.6 Å². The van der Waals surface area contributed by atoms with E-state index >= 15 is 0 Å². The van der Waals surface area contributed by atoms with Crippen LogP contribution >= 0.6 is 0 Å². The zero-order chi connectivity index (χ0) is 22.9. The first-order valence-electron chi connectivity index (χ1n) is 9.13. The van der Waals surface area contributed by atoms with Crippen molar-refractivity contribution in [1.82, 2.24) is 15.0 Å². The summed E-state index contributed by atoms with van der Waals surface area (Å²) in [4.78, 5) is 38.8. The lowest BCUT2D eigenvalue weighted by molar-refractivity contribution is -0.115. The highest BCUT2D eigenvalue weighted by Crippen LogP contribution is 2.15. The molecule has 3 amide bonds. The fraction of sp³-hybridized carbons (Fsp3) is 0.263. The maximum atomic E-state index is 12.4. The number of benzene rings is 1. The highest BCUT2D eigenvalue weighted by Gasteiger charge is 2.19. The lowest BCUT2D eigenvalue weighted by Gasteiger charge is -2.09. The van der Waals surface area contributed by atoms with E-state index in [0.29, 0.717) is 12.3 Å². The number of anilines is 1. The zero-order valence-electron chi connectivity index (χ0n) is 16.9. The Morgan fingerprint density at radius 3 is 2.35 bits per heavy atom. The molecule has 0 saturated carbocycles. The van der Waals surface area contributed by atoms with Crippen molar-refractivity contribution in [2.45, 2.75) is 18.2 Å². The quantitative estimate of drug-likeness (QED) is 0.483. The number of methoxy groups -OCH3 is 1. The van der Waals surface area contributed by atoms with E-state index in [1.807, 2.05) is 4.72 Å². The lowest BCUT2D eigenvalue weighted by Crippen LogP contribution is -2.31. The number of carbonyl (C=O) groups is 3. The monoisotopic (exact) mass is 450 g/mol. The lowest BCUT2D eigenvalue weighted by atomic mass is 10.3. The molecule has 2 rings (SSSR count). The van der Waals surface area contributed by atoms with Crippen LogP contribution < -0.4 is 20.1 Å². The highest BCUT2D eigenvalue weighted by molar-refractivity contribution is 7.90. The van der Waals surface area contributed by atoms with E-state index in [1.165, 1.54) is 43.5 Å². The second kappa shape index (κ2) is 11.0. The molecule has 31 heavy (non-hydrogen) atoms. The minimum Gasteiger partial charge on any atom is -0.391 e. The van der Waals surface area contributed by atoms with Gasteiger partial charge in [-0.25, -0.2) is 22.9 Å². The summed E-state index contributed by atoms with van der Waals surface area (Å²) in [5.74, 6) is -1.19. The van der Waals surface area contributed by atoms with Crippen LogP contribution in [0.2, 0.25) is 0 Å². The Morgan fingerprint density at radius 2 is 1.77 bits per heavy atom. The predicted octanol–water partition coefficient (Wildman–Crippen LogP) is 1.28. The van der Waals surface area contributed by atoms with Crippen LogP contribution in [-0.4, -0.2) is 51.6 Å². The molecule has 1 aromatic carbocycles. The number of rotatable bonds is 9. The number of hydrogen-bond donors (Lipinski definition) is 3. The van der Waals surface area contributed by atoms with Crippen LogP contribution in [-0.2, 0) is 19.6 Å². The van der Waals surface area contributed by atoms with E-state index in [0.717, 1.165) is 6.20 Å². The van der Waals surface area contributed by atoms with Crippen LogP contribution in [0.1, 0.15) is 23.7 Å². The molecule has 0 unspecified atom stereocenters. The molecule has 0 atom stereocenters. The van der Waals surface area contributed by atoms with Gasteiger partial charge in [-0.15, -0.1) is 0 Å². The molecule has 0 bridgehead atoms. The Hall–Kier alpha value is -3.51. The van der Waals surface area contributed by atoms with Crippen molar-refractivity contribution < 1.29 is 32.3 Å². The minimum absolute atomic E-state index is 0.0532. The average molecular weight is 450 g/mol. The minimum atomic E-state index is -4.15. The van der Waals surface area contributed by atoms with Crippen LogP contribution in [0.25, 0.3) is 0 Å². The van der Waals surface area contributed by atoms with E-state index in [4.69, 9.17) is 9.47 Å². The van der Waals surface area contributed by atoms with Gasteiger partial charge in [0, 0.05) is 38.0 Å². The Labute approximate surface area is 179 Å². The van der Waals surface area contributed by atoms with Crippen LogP contribution in [0.3, 0.4) is 0 Å². The molecule has 0 saturated heterocycles.